The van der Waals surface area contributed by atoms with E-state index in [1.807, 2.05) is 0 Å². The lowest BCUT2D eigenvalue weighted by atomic mass is 10.3. The molecule has 0 radical (unpaired) electrons. The number of halogens is 4. The second-order valence-corrected chi connectivity index (χ2v) is 6.03. The van der Waals surface area contributed by atoms with Gasteiger partial charge in [-0.2, -0.15) is 0 Å². The molecular weight excluding hydrogens is 329 g/mol. The first kappa shape index (κ1) is 15.5. The lowest BCUT2D eigenvalue weighted by Gasteiger charge is -2.12. The van der Waals surface area contributed by atoms with Gasteiger partial charge >= 0.3 is 0 Å². The predicted octanol–water partition coefficient (Wildman–Crippen LogP) is 3.14. The molecule has 4 nitrogen and oxygen atoms in total. The molecule has 0 spiro atoms. The Balaban J connectivity index is 2.52. The number of benzene rings is 2. The maximum atomic E-state index is 13.8. The molecule has 2 rings (SSSR count). The first-order chi connectivity index (χ1) is 9.74. The minimum atomic E-state index is -4.52. The Labute approximate surface area is 123 Å². The fraction of sp³-hybridized carbons (Fsp3) is 0. The molecule has 0 bridgehead atoms. The zero-order valence-corrected chi connectivity index (χ0v) is 11.8. The van der Waals surface area contributed by atoms with E-state index in [0.717, 1.165) is 6.07 Å². The van der Waals surface area contributed by atoms with E-state index in [9.17, 15) is 21.6 Å². The number of hydrogen-bond acceptors (Lipinski definition) is 3. The van der Waals surface area contributed by atoms with Crippen molar-refractivity contribution >= 4 is 33.0 Å². The monoisotopic (exact) mass is 336 g/mol. The van der Waals surface area contributed by atoms with Gasteiger partial charge in [0.25, 0.3) is 10.0 Å². The van der Waals surface area contributed by atoms with Gasteiger partial charge in [-0.1, -0.05) is 17.7 Å². The van der Waals surface area contributed by atoms with Crippen LogP contribution in [-0.2, 0) is 10.0 Å². The Morgan fingerprint density at radius 2 is 1.71 bits per heavy atom. The average molecular weight is 337 g/mol. The van der Waals surface area contributed by atoms with Crippen LogP contribution in [0, 0.1) is 17.5 Å². The number of para-hydroxylation sites is 1. The summed E-state index contributed by atoms with van der Waals surface area (Å²) >= 11 is 5.67. The van der Waals surface area contributed by atoms with Crippen LogP contribution in [0.15, 0.2) is 35.2 Å². The molecule has 0 amide bonds. The minimum Gasteiger partial charge on any atom is -0.394 e. The summed E-state index contributed by atoms with van der Waals surface area (Å²) in [6.45, 7) is 0. The van der Waals surface area contributed by atoms with Crippen molar-refractivity contribution in [1.29, 1.82) is 0 Å². The van der Waals surface area contributed by atoms with Crippen LogP contribution in [0.5, 0.6) is 0 Å². The van der Waals surface area contributed by atoms with E-state index in [4.69, 9.17) is 17.3 Å². The summed E-state index contributed by atoms with van der Waals surface area (Å²) in [7, 11) is -4.52. The SMILES string of the molecule is Nc1c(F)ccc(S(=O)(=O)Nc2c(F)cccc2Cl)c1F. The normalized spacial score (nSPS) is 11.4. The van der Waals surface area contributed by atoms with Crippen LogP contribution in [0.1, 0.15) is 0 Å². The summed E-state index contributed by atoms with van der Waals surface area (Å²) in [5.41, 5.74) is 3.60. The summed E-state index contributed by atoms with van der Waals surface area (Å²) in [5, 5.41) is -0.214. The standard InChI is InChI=1S/C12H8ClF3N2O2S/c13-6-2-1-3-8(15)12(6)18-21(19,20)9-5-4-7(14)11(17)10(9)16/h1-5,18H,17H2. The number of rotatable bonds is 3. The highest BCUT2D eigenvalue weighted by atomic mass is 35.5. The Kier molecular flexibility index (Phi) is 4.02. The molecule has 112 valence electrons. The number of nitrogens with one attached hydrogen (secondary N) is 1. The third-order valence-corrected chi connectivity index (χ3v) is 4.26. The molecule has 2 aromatic carbocycles. The molecule has 0 aliphatic carbocycles. The molecule has 3 N–H and O–H groups in total. The van der Waals surface area contributed by atoms with Gasteiger partial charge in [0.15, 0.2) is 5.82 Å². The highest BCUT2D eigenvalue weighted by molar-refractivity contribution is 7.92. The molecule has 9 heteroatoms. The van der Waals surface area contributed by atoms with Gasteiger partial charge < -0.3 is 5.73 Å². The lowest BCUT2D eigenvalue weighted by molar-refractivity contribution is 0.556. The molecule has 0 saturated carbocycles. The van der Waals surface area contributed by atoms with Crippen molar-refractivity contribution in [3.63, 3.8) is 0 Å². The van der Waals surface area contributed by atoms with Gasteiger partial charge in [-0.3, -0.25) is 4.72 Å². The molecule has 0 aromatic heterocycles. The van der Waals surface area contributed by atoms with Gasteiger partial charge in [-0.25, -0.2) is 21.6 Å². The van der Waals surface area contributed by atoms with Crippen molar-refractivity contribution in [3.05, 3.63) is 52.8 Å². The van der Waals surface area contributed by atoms with E-state index < -0.39 is 43.7 Å². The molecular formula is C12H8ClF3N2O2S. The molecule has 0 aliphatic rings. The van der Waals surface area contributed by atoms with E-state index in [-0.39, 0.29) is 5.02 Å². The van der Waals surface area contributed by atoms with Gasteiger partial charge in [0, 0.05) is 0 Å². The first-order valence-electron chi connectivity index (χ1n) is 5.44. The predicted molar refractivity (Wildman–Crippen MR) is 73.0 cm³/mol. The van der Waals surface area contributed by atoms with Crippen LogP contribution in [0.4, 0.5) is 24.5 Å². The highest BCUT2D eigenvalue weighted by Crippen LogP contribution is 2.29. The molecule has 2 aromatic rings. The first-order valence-corrected chi connectivity index (χ1v) is 7.30. The van der Waals surface area contributed by atoms with Crippen molar-refractivity contribution < 1.29 is 21.6 Å². The molecule has 0 aliphatic heterocycles. The molecule has 0 fully saturated rings. The van der Waals surface area contributed by atoms with Crippen molar-refractivity contribution in [3.8, 4) is 0 Å². The summed E-state index contributed by atoms with van der Waals surface area (Å²) in [6.07, 6.45) is 0. The van der Waals surface area contributed by atoms with Crippen molar-refractivity contribution in [2.75, 3.05) is 10.5 Å². The molecule has 0 unspecified atom stereocenters. The van der Waals surface area contributed by atoms with E-state index in [0.29, 0.717) is 12.1 Å². The van der Waals surface area contributed by atoms with Crippen LogP contribution in [0.2, 0.25) is 5.02 Å². The van der Waals surface area contributed by atoms with E-state index in [2.05, 4.69) is 0 Å². The quantitative estimate of drug-likeness (QED) is 0.846. The van der Waals surface area contributed by atoms with E-state index in [1.54, 1.807) is 4.72 Å². The summed E-state index contributed by atoms with van der Waals surface area (Å²) < 4.78 is 66.2. The van der Waals surface area contributed by atoms with Crippen LogP contribution in [0.25, 0.3) is 0 Å². The van der Waals surface area contributed by atoms with Gasteiger partial charge in [0.1, 0.15) is 27.9 Å². The van der Waals surface area contributed by atoms with Crippen LogP contribution < -0.4 is 10.5 Å². The average Bonchev–Trinajstić information content (AvgIpc) is 2.40. The van der Waals surface area contributed by atoms with Crippen molar-refractivity contribution in [2.24, 2.45) is 0 Å². The Hall–Kier alpha value is -1.93. The number of nitrogens with two attached hydrogens (primary N) is 1. The smallest absolute Gasteiger partial charge is 0.265 e. The van der Waals surface area contributed by atoms with E-state index in [1.165, 1.54) is 12.1 Å². The number of anilines is 2. The number of hydrogen-bond donors (Lipinski definition) is 2. The van der Waals surface area contributed by atoms with Gasteiger partial charge in [0.05, 0.1) is 5.02 Å². The zero-order chi connectivity index (χ0) is 15.8. The highest BCUT2D eigenvalue weighted by Gasteiger charge is 2.24. The van der Waals surface area contributed by atoms with Gasteiger partial charge in [-0.15, -0.1) is 0 Å². The second-order valence-electron chi connectivity index (χ2n) is 3.98. The topological polar surface area (TPSA) is 72.2 Å². The second kappa shape index (κ2) is 5.45. The van der Waals surface area contributed by atoms with Crippen molar-refractivity contribution in [2.45, 2.75) is 4.90 Å². The third-order valence-electron chi connectivity index (χ3n) is 2.58. The van der Waals surface area contributed by atoms with Crippen LogP contribution in [0.3, 0.4) is 0 Å². The zero-order valence-electron chi connectivity index (χ0n) is 10.2. The Morgan fingerprint density at radius 3 is 2.33 bits per heavy atom. The van der Waals surface area contributed by atoms with Gasteiger partial charge in [-0.05, 0) is 24.3 Å². The van der Waals surface area contributed by atoms with E-state index >= 15 is 0 Å². The summed E-state index contributed by atoms with van der Waals surface area (Å²) in [4.78, 5) is -0.916. The number of sulfonamides is 1. The summed E-state index contributed by atoms with van der Waals surface area (Å²) in [6, 6.07) is 4.86. The molecule has 21 heavy (non-hydrogen) atoms. The fourth-order valence-electron chi connectivity index (χ4n) is 1.54. The fourth-order valence-corrected chi connectivity index (χ4v) is 2.99. The maximum Gasteiger partial charge on any atom is 0.265 e. The Morgan fingerprint density at radius 1 is 1.05 bits per heavy atom. The maximum absolute atomic E-state index is 13.8. The molecule has 0 heterocycles. The van der Waals surface area contributed by atoms with Gasteiger partial charge in [0.2, 0.25) is 0 Å². The summed E-state index contributed by atoms with van der Waals surface area (Å²) in [5.74, 6) is -3.51. The van der Waals surface area contributed by atoms with Crippen molar-refractivity contribution in [1.82, 2.24) is 0 Å². The molecule has 0 atom stereocenters. The number of nitrogen functional groups attached to an aromatic ring is 1. The lowest BCUT2D eigenvalue weighted by Crippen LogP contribution is -2.17. The minimum absolute atomic E-state index is 0.214. The third kappa shape index (κ3) is 2.91. The van der Waals surface area contributed by atoms with Crippen LogP contribution >= 0.6 is 11.6 Å². The molecule has 0 saturated heterocycles. The Bertz CT molecular complexity index is 792. The largest absolute Gasteiger partial charge is 0.394 e. The van der Waals surface area contributed by atoms with Crippen LogP contribution in [-0.4, -0.2) is 8.42 Å².